The maximum absolute atomic E-state index is 6.58. The third-order valence-electron chi connectivity index (χ3n) is 4.70. The molecule has 0 amide bonds. The van der Waals surface area contributed by atoms with Gasteiger partial charge in [0.25, 0.3) is 0 Å². The van der Waals surface area contributed by atoms with Gasteiger partial charge in [-0.3, -0.25) is 0 Å². The van der Waals surface area contributed by atoms with Crippen molar-refractivity contribution < 1.29 is 0 Å². The Labute approximate surface area is 182 Å². The van der Waals surface area contributed by atoms with Crippen LogP contribution in [0.25, 0.3) is 5.31 Å². The van der Waals surface area contributed by atoms with Crippen LogP contribution >= 0.6 is 17.8 Å². The summed E-state index contributed by atoms with van der Waals surface area (Å²) in [6, 6.07) is 40.0. The van der Waals surface area contributed by atoms with Crippen LogP contribution in [-0.4, -0.2) is 0 Å². The summed E-state index contributed by atoms with van der Waals surface area (Å²) in [6.45, 7) is 0. The minimum Gasteiger partial charge on any atom is -0.0973 e. The molecule has 0 aromatic heterocycles. The summed E-state index contributed by atoms with van der Waals surface area (Å²) in [5, 5.41) is 5.92. The quantitative estimate of drug-likeness (QED) is 0.242. The van der Waals surface area contributed by atoms with E-state index in [9.17, 15) is 0 Å². The van der Waals surface area contributed by atoms with Crippen molar-refractivity contribution in [2.75, 3.05) is 0 Å². The fraction of sp³-hybridized carbons (Fsp3) is 0. The topological polar surface area (TPSA) is 0 Å². The number of thioether (sulfide) groups is 1. The number of hydrogen-bond donors (Lipinski definition) is 0. The summed E-state index contributed by atoms with van der Waals surface area (Å²) in [4.78, 5) is 1.21. The Morgan fingerprint density at radius 3 is 1.48 bits per heavy atom. The maximum atomic E-state index is 6.58. The fourth-order valence-corrected chi connectivity index (χ4v) is 8.69. The molecular weight excluding hydrogens is 407 g/mol. The van der Waals surface area contributed by atoms with E-state index in [1.165, 1.54) is 26.4 Å². The second-order valence-electron chi connectivity index (χ2n) is 6.58. The molecule has 0 N–H and O–H groups in total. The zero-order chi connectivity index (χ0) is 19.9. The highest BCUT2D eigenvalue weighted by Crippen LogP contribution is 2.57. The first-order chi connectivity index (χ1) is 14.3. The molecule has 29 heavy (non-hydrogen) atoms. The van der Waals surface area contributed by atoms with Crippen molar-refractivity contribution in [3.63, 3.8) is 0 Å². The molecule has 0 heterocycles. The Kier molecular flexibility index (Phi) is 6.46. The largest absolute Gasteiger partial charge is 0.0973 e. The summed E-state index contributed by atoms with van der Waals surface area (Å²) < 4.78 is 0. The van der Waals surface area contributed by atoms with Gasteiger partial charge in [0.1, 0.15) is 0 Å². The van der Waals surface area contributed by atoms with Crippen LogP contribution in [0.15, 0.2) is 132 Å². The lowest BCUT2D eigenvalue weighted by molar-refractivity contribution is 1.47. The average Bonchev–Trinajstić information content (AvgIpc) is 2.81. The van der Waals surface area contributed by atoms with Crippen molar-refractivity contribution >= 4 is 45.5 Å². The first kappa shape index (κ1) is 19.9. The Balaban J connectivity index is 1.93. The lowest BCUT2D eigenvalue weighted by atomic mass is 10.2. The van der Waals surface area contributed by atoms with Crippen LogP contribution in [0.2, 0.25) is 0 Å². The molecule has 0 spiro atoms. The molecular formula is C26H21PS2. The third kappa shape index (κ3) is 4.46. The van der Waals surface area contributed by atoms with E-state index in [-0.39, 0.29) is 0 Å². The molecule has 0 saturated carbocycles. The molecule has 0 fully saturated rings. The molecule has 142 valence electrons. The van der Waals surface area contributed by atoms with Gasteiger partial charge >= 0.3 is 0 Å². The molecule has 0 nitrogen and oxygen atoms in total. The molecule has 4 aromatic rings. The molecule has 0 unspecified atom stereocenters. The van der Waals surface area contributed by atoms with Gasteiger partial charge in [-0.15, -0.1) is 0 Å². The fourth-order valence-electron chi connectivity index (χ4n) is 3.26. The third-order valence-corrected chi connectivity index (χ3v) is 10.7. The van der Waals surface area contributed by atoms with Crippen LogP contribution in [0.4, 0.5) is 0 Å². The normalized spacial score (nSPS) is 11.9. The lowest BCUT2D eigenvalue weighted by Crippen LogP contribution is -2.16. The van der Waals surface area contributed by atoms with Gasteiger partial charge in [-0.25, -0.2) is 0 Å². The summed E-state index contributed by atoms with van der Waals surface area (Å²) in [5.74, 6) is 0. The van der Waals surface area contributed by atoms with Crippen LogP contribution in [0.5, 0.6) is 0 Å². The van der Waals surface area contributed by atoms with Crippen molar-refractivity contribution in [2.45, 2.75) is 4.90 Å². The monoisotopic (exact) mass is 428 g/mol. The zero-order valence-corrected chi connectivity index (χ0v) is 18.4. The average molecular weight is 429 g/mol. The molecule has 0 radical (unpaired) electrons. The summed E-state index contributed by atoms with van der Waals surface area (Å²) in [6.07, 6.45) is 0. The first-order valence-corrected chi connectivity index (χ1v) is 13.2. The smallest absolute Gasteiger partial charge is 0.0390 e. The van der Waals surface area contributed by atoms with E-state index in [1.807, 2.05) is 6.07 Å². The van der Waals surface area contributed by atoms with Crippen molar-refractivity contribution in [1.29, 1.82) is 0 Å². The summed E-state index contributed by atoms with van der Waals surface area (Å²) in [5.41, 5.74) is 1.19. The SMILES string of the molecule is S=P(/C(=C/Sc1ccccc1)c1ccccc1)(c1ccccc1)c1ccccc1. The zero-order valence-electron chi connectivity index (χ0n) is 15.9. The van der Waals surface area contributed by atoms with Crippen LogP contribution in [-0.2, 0) is 11.8 Å². The lowest BCUT2D eigenvalue weighted by Gasteiger charge is -2.27. The van der Waals surface area contributed by atoms with E-state index in [4.69, 9.17) is 11.8 Å². The predicted molar refractivity (Wildman–Crippen MR) is 133 cm³/mol. The Bertz CT molecular complexity index is 1080. The van der Waals surface area contributed by atoms with Crippen molar-refractivity contribution in [2.24, 2.45) is 0 Å². The molecule has 0 bridgehead atoms. The standard InChI is InChI=1S/C26H21PS2/c28-27(23-15-7-2-8-16-23,24-17-9-3-10-18-24)26(22-13-5-1-6-14-22)21-29-25-19-11-4-12-20-25/h1-21H/b26-21+. The Morgan fingerprint density at radius 2 is 1.00 bits per heavy atom. The molecule has 0 atom stereocenters. The van der Waals surface area contributed by atoms with Gasteiger partial charge in [0.2, 0.25) is 0 Å². The highest BCUT2D eigenvalue weighted by atomic mass is 32.4. The highest BCUT2D eigenvalue weighted by molar-refractivity contribution is 8.27. The summed E-state index contributed by atoms with van der Waals surface area (Å²) in [7, 11) is 0. The van der Waals surface area contributed by atoms with Gasteiger partial charge in [-0.2, -0.15) is 0 Å². The number of rotatable bonds is 6. The molecule has 0 aliphatic carbocycles. The summed E-state index contributed by atoms with van der Waals surface area (Å²) >= 11 is 8.32. The van der Waals surface area contributed by atoms with E-state index in [0.717, 1.165) is 0 Å². The van der Waals surface area contributed by atoms with Crippen LogP contribution < -0.4 is 10.6 Å². The van der Waals surface area contributed by atoms with Crippen LogP contribution in [0.1, 0.15) is 5.56 Å². The Morgan fingerprint density at radius 1 is 0.586 bits per heavy atom. The van der Waals surface area contributed by atoms with E-state index in [0.29, 0.717) is 0 Å². The molecule has 4 rings (SSSR count). The van der Waals surface area contributed by atoms with Crippen molar-refractivity contribution in [1.82, 2.24) is 0 Å². The van der Waals surface area contributed by atoms with Gasteiger partial charge in [0.05, 0.1) is 0 Å². The van der Waals surface area contributed by atoms with E-state index in [1.54, 1.807) is 11.8 Å². The van der Waals surface area contributed by atoms with E-state index >= 15 is 0 Å². The van der Waals surface area contributed by atoms with E-state index < -0.39 is 6.04 Å². The van der Waals surface area contributed by atoms with Crippen LogP contribution in [0.3, 0.4) is 0 Å². The van der Waals surface area contributed by atoms with E-state index in [2.05, 4.69) is 121 Å². The number of benzene rings is 4. The van der Waals surface area contributed by atoms with Crippen LogP contribution in [0, 0.1) is 0 Å². The molecule has 0 saturated heterocycles. The highest BCUT2D eigenvalue weighted by Gasteiger charge is 2.28. The van der Waals surface area contributed by atoms with Crippen molar-refractivity contribution in [3.05, 3.63) is 132 Å². The Hall–Kier alpha value is -2.38. The van der Waals surface area contributed by atoms with Gasteiger partial charge in [0, 0.05) is 16.2 Å². The number of hydrogen-bond acceptors (Lipinski definition) is 2. The van der Waals surface area contributed by atoms with Crippen molar-refractivity contribution in [3.8, 4) is 0 Å². The van der Waals surface area contributed by atoms with Gasteiger partial charge in [0.15, 0.2) is 0 Å². The second-order valence-corrected chi connectivity index (χ2v) is 11.9. The minimum absolute atomic E-state index is 1.19. The predicted octanol–water partition coefficient (Wildman–Crippen LogP) is 6.91. The maximum Gasteiger partial charge on any atom is 0.0390 e. The minimum atomic E-state index is -2.22. The molecule has 3 heteroatoms. The molecule has 0 aliphatic rings. The van der Waals surface area contributed by atoms with Gasteiger partial charge in [-0.1, -0.05) is 133 Å². The van der Waals surface area contributed by atoms with Gasteiger partial charge in [-0.05, 0) is 33.7 Å². The molecule has 4 aromatic carbocycles. The van der Waals surface area contributed by atoms with Gasteiger partial charge < -0.3 is 0 Å². The molecule has 0 aliphatic heterocycles. The second kappa shape index (κ2) is 9.41. The first-order valence-electron chi connectivity index (χ1n) is 9.47.